The summed E-state index contributed by atoms with van der Waals surface area (Å²) in [5.74, 6) is -1.62. The number of halogens is 5. The number of anilines is 1. The first-order chi connectivity index (χ1) is 9.77. The molecule has 0 unspecified atom stereocenters. The van der Waals surface area contributed by atoms with Gasteiger partial charge in [-0.15, -0.1) is 0 Å². The molecule has 0 saturated carbocycles. The predicted molar refractivity (Wildman–Crippen MR) is 66.4 cm³/mol. The summed E-state index contributed by atoms with van der Waals surface area (Å²) in [6.07, 6.45) is -4.18. The molecule has 21 heavy (non-hydrogen) atoms. The van der Waals surface area contributed by atoms with E-state index in [0.29, 0.717) is 6.20 Å². The van der Waals surface area contributed by atoms with Crippen LogP contribution in [0.25, 0.3) is 0 Å². The van der Waals surface area contributed by atoms with Gasteiger partial charge in [-0.1, -0.05) is 0 Å². The van der Waals surface area contributed by atoms with Crippen LogP contribution in [0.5, 0.6) is 0 Å². The summed E-state index contributed by atoms with van der Waals surface area (Å²) >= 11 is 5.31. The second-order valence-electron chi connectivity index (χ2n) is 3.86. The van der Waals surface area contributed by atoms with E-state index < -0.39 is 34.4 Å². The highest BCUT2D eigenvalue weighted by atomic mass is 35.5. The SMILES string of the molecule is O=C(Nc1ccc(F)cc1)c1cnc(Cl)nc1C(F)(F)F. The van der Waals surface area contributed by atoms with Crippen molar-refractivity contribution >= 4 is 23.2 Å². The summed E-state index contributed by atoms with van der Waals surface area (Å²) in [4.78, 5) is 18.2. The molecule has 0 saturated heterocycles. The van der Waals surface area contributed by atoms with Crippen molar-refractivity contribution in [2.24, 2.45) is 0 Å². The van der Waals surface area contributed by atoms with E-state index in [2.05, 4.69) is 15.3 Å². The van der Waals surface area contributed by atoms with Crippen LogP contribution in [0.2, 0.25) is 5.28 Å². The summed E-state index contributed by atoms with van der Waals surface area (Å²) < 4.78 is 51.1. The lowest BCUT2D eigenvalue weighted by Gasteiger charge is -2.11. The number of benzene rings is 1. The van der Waals surface area contributed by atoms with Gasteiger partial charge in [-0.2, -0.15) is 13.2 Å². The van der Waals surface area contributed by atoms with Crippen molar-refractivity contribution in [1.82, 2.24) is 9.97 Å². The van der Waals surface area contributed by atoms with Gasteiger partial charge in [0.15, 0.2) is 5.69 Å². The summed E-state index contributed by atoms with van der Waals surface area (Å²) in [5.41, 5.74) is -2.09. The second kappa shape index (κ2) is 5.65. The van der Waals surface area contributed by atoms with E-state index in [1.807, 2.05) is 0 Å². The molecule has 0 radical (unpaired) electrons. The lowest BCUT2D eigenvalue weighted by molar-refractivity contribution is -0.141. The number of nitrogens with one attached hydrogen (secondary N) is 1. The van der Waals surface area contributed by atoms with Crippen molar-refractivity contribution in [2.75, 3.05) is 5.32 Å². The van der Waals surface area contributed by atoms with E-state index in [1.54, 1.807) is 0 Å². The van der Waals surface area contributed by atoms with Crippen molar-refractivity contribution in [3.63, 3.8) is 0 Å². The zero-order valence-corrected chi connectivity index (χ0v) is 10.8. The number of hydrogen-bond acceptors (Lipinski definition) is 3. The summed E-state index contributed by atoms with van der Waals surface area (Å²) in [6.45, 7) is 0. The van der Waals surface area contributed by atoms with E-state index in [-0.39, 0.29) is 5.69 Å². The Morgan fingerprint density at radius 1 is 1.19 bits per heavy atom. The van der Waals surface area contributed by atoms with Crippen LogP contribution in [0, 0.1) is 5.82 Å². The van der Waals surface area contributed by atoms with Crippen molar-refractivity contribution in [3.8, 4) is 0 Å². The maximum atomic E-state index is 12.8. The normalized spacial score (nSPS) is 11.3. The molecular weight excluding hydrogens is 314 g/mol. The molecular formula is C12H6ClF4N3O. The molecule has 2 rings (SSSR count). The van der Waals surface area contributed by atoms with Gasteiger partial charge in [0, 0.05) is 11.9 Å². The van der Waals surface area contributed by atoms with Gasteiger partial charge in [0.1, 0.15) is 5.82 Å². The van der Waals surface area contributed by atoms with Crippen LogP contribution in [-0.2, 0) is 6.18 Å². The third-order valence-corrected chi connectivity index (χ3v) is 2.56. The van der Waals surface area contributed by atoms with Crippen molar-refractivity contribution < 1.29 is 22.4 Å². The Balaban J connectivity index is 2.33. The zero-order chi connectivity index (χ0) is 15.6. The molecule has 0 aliphatic rings. The number of amides is 1. The van der Waals surface area contributed by atoms with E-state index in [4.69, 9.17) is 11.6 Å². The van der Waals surface area contributed by atoms with E-state index >= 15 is 0 Å². The van der Waals surface area contributed by atoms with Crippen LogP contribution in [-0.4, -0.2) is 15.9 Å². The van der Waals surface area contributed by atoms with Crippen molar-refractivity contribution in [3.05, 3.63) is 52.8 Å². The Kier molecular flexibility index (Phi) is 4.08. The minimum atomic E-state index is -4.86. The highest BCUT2D eigenvalue weighted by Crippen LogP contribution is 2.31. The van der Waals surface area contributed by atoms with Crippen LogP contribution in [0.1, 0.15) is 16.1 Å². The van der Waals surface area contributed by atoms with Gasteiger partial charge in [0.2, 0.25) is 5.28 Å². The minimum absolute atomic E-state index is 0.129. The molecule has 1 aromatic carbocycles. The van der Waals surface area contributed by atoms with Gasteiger partial charge >= 0.3 is 6.18 Å². The lowest BCUT2D eigenvalue weighted by atomic mass is 10.2. The maximum Gasteiger partial charge on any atom is 0.434 e. The lowest BCUT2D eigenvalue weighted by Crippen LogP contribution is -2.21. The van der Waals surface area contributed by atoms with Crippen LogP contribution in [0.15, 0.2) is 30.5 Å². The molecule has 110 valence electrons. The van der Waals surface area contributed by atoms with Crippen LogP contribution in [0.4, 0.5) is 23.2 Å². The molecule has 0 aliphatic heterocycles. The highest BCUT2D eigenvalue weighted by Gasteiger charge is 2.38. The third kappa shape index (κ3) is 3.66. The summed E-state index contributed by atoms with van der Waals surface area (Å²) in [6, 6.07) is 4.52. The molecule has 0 fully saturated rings. The van der Waals surface area contributed by atoms with E-state index in [0.717, 1.165) is 12.1 Å². The topological polar surface area (TPSA) is 54.9 Å². The number of hydrogen-bond donors (Lipinski definition) is 1. The minimum Gasteiger partial charge on any atom is -0.322 e. The van der Waals surface area contributed by atoms with Crippen LogP contribution < -0.4 is 5.32 Å². The van der Waals surface area contributed by atoms with E-state index in [9.17, 15) is 22.4 Å². The molecule has 9 heteroatoms. The van der Waals surface area contributed by atoms with Gasteiger partial charge in [-0.05, 0) is 35.9 Å². The highest BCUT2D eigenvalue weighted by molar-refractivity contribution is 6.28. The Morgan fingerprint density at radius 2 is 1.81 bits per heavy atom. The largest absolute Gasteiger partial charge is 0.434 e. The number of alkyl halides is 3. The molecule has 0 atom stereocenters. The second-order valence-corrected chi connectivity index (χ2v) is 4.20. The molecule has 1 amide bonds. The first kappa shape index (κ1) is 15.2. The Hall–Kier alpha value is -2.22. The Labute approximate surface area is 120 Å². The maximum absolute atomic E-state index is 12.8. The average molecular weight is 320 g/mol. The Morgan fingerprint density at radius 3 is 2.38 bits per heavy atom. The van der Waals surface area contributed by atoms with Gasteiger partial charge in [0.05, 0.1) is 5.56 Å². The zero-order valence-electron chi connectivity index (χ0n) is 10.1. The fraction of sp³-hybridized carbons (Fsp3) is 0.0833. The van der Waals surface area contributed by atoms with E-state index in [1.165, 1.54) is 12.1 Å². The molecule has 4 nitrogen and oxygen atoms in total. The molecule has 1 heterocycles. The van der Waals surface area contributed by atoms with Crippen LogP contribution >= 0.6 is 11.6 Å². The monoisotopic (exact) mass is 319 g/mol. The van der Waals surface area contributed by atoms with Gasteiger partial charge < -0.3 is 5.32 Å². The van der Waals surface area contributed by atoms with Gasteiger partial charge in [0.25, 0.3) is 5.91 Å². The smallest absolute Gasteiger partial charge is 0.322 e. The van der Waals surface area contributed by atoms with Crippen LogP contribution in [0.3, 0.4) is 0 Å². The summed E-state index contributed by atoms with van der Waals surface area (Å²) in [7, 11) is 0. The molecule has 0 spiro atoms. The molecule has 1 aromatic heterocycles. The predicted octanol–water partition coefficient (Wildman–Crippen LogP) is 3.54. The van der Waals surface area contributed by atoms with Crippen molar-refractivity contribution in [2.45, 2.75) is 6.18 Å². The number of carbonyl (C=O) groups excluding carboxylic acids is 1. The van der Waals surface area contributed by atoms with Crippen molar-refractivity contribution in [1.29, 1.82) is 0 Å². The third-order valence-electron chi connectivity index (χ3n) is 2.37. The number of carbonyl (C=O) groups is 1. The average Bonchev–Trinajstić information content (AvgIpc) is 2.40. The fourth-order valence-corrected chi connectivity index (χ4v) is 1.61. The molecule has 2 aromatic rings. The molecule has 0 aliphatic carbocycles. The number of rotatable bonds is 2. The first-order valence-corrected chi connectivity index (χ1v) is 5.82. The quantitative estimate of drug-likeness (QED) is 0.680. The first-order valence-electron chi connectivity index (χ1n) is 5.44. The number of nitrogens with zero attached hydrogens (tertiary/aromatic N) is 2. The number of aromatic nitrogens is 2. The summed E-state index contributed by atoms with van der Waals surface area (Å²) in [5, 5.41) is 1.56. The molecule has 1 N–H and O–H groups in total. The van der Waals surface area contributed by atoms with Gasteiger partial charge in [-0.3, -0.25) is 4.79 Å². The Bertz CT molecular complexity index is 673. The van der Waals surface area contributed by atoms with Gasteiger partial charge in [-0.25, -0.2) is 14.4 Å². The molecule has 0 bridgehead atoms. The standard InChI is InChI=1S/C12H6ClF4N3O/c13-11-18-5-8(9(20-11)12(15,16)17)10(21)19-7-3-1-6(14)2-4-7/h1-5H,(H,19,21). The fourth-order valence-electron chi connectivity index (χ4n) is 1.47.